The van der Waals surface area contributed by atoms with E-state index in [1.54, 1.807) is 0 Å². The van der Waals surface area contributed by atoms with E-state index in [9.17, 15) is 0 Å². The van der Waals surface area contributed by atoms with Crippen LogP contribution in [0.25, 0.3) is 0 Å². The third-order valence-corrected chi connectivity index (χ3v) is 12.0. The largest absolute Gasteiger partial charge is 0.427 e. The molecule has 4 aliphatic rings. The normalized spacial score (nSPS) is 44.3. The third kappa shape index (κ3) is 3.04. The first-order valence-corrected chi connectivity index (χ1v) is 12.9. The van der Waals surface area contributed by atoms with E-state index in [-0.39, 0.29) is 17.3 Å². The molecule has 150 valence electrons. The van der Waals surface area contributed by atoms with Crippen molar-refractivity contribution in [3.63, 3.8) is 0 Å². The molecule has 0 N–H and O–H groups in total. The molecular weight excluding hydrogens is 372 g/mol. The highest BCUT2D eigenvalue weighted by Gasteiger charge is 2.69. The molecule has 7 atom stereocenters. The summed E-state index contributed by atoms with van der Waals surface area (Å²) < 4.78 is 9.49. The van der Waals surface area contributed by atoms with Crippen molar-refractivity contribution >= 4 is 15.1 Å². The van der Waals surface area contributed by atoms with Gasteiger partial charge in [-0.2, -0.15) is 4.67 Å². The Bertz CT molecular complexity index is 838. The topological polar surface area (TPSA) is 12.5 Å². The fourth-order valence-electron chi connectivity index (χ4n) is 6.32. The highest BCUT2D eigenvalue weighted by molar-refractivity contribution is 7.93. The first kappa shape index (κ1) is 19.8. The molecule has 2 radical (unpaired) electrons. The van der Waals surface area contributed by atoms with Gasteiger partial charge in [0.15, 0.2) is 7.52 Å². The molecule has 29 heavy (non-hydrogen) atoms. The lowest BCUT2D eigenvalue weighted by molar-refractivity contribution is 0.207. The molecule has 1 aromatic rings. The second-order valence-corrected chi connectivity index (χ2v) is 12.4. The van der Waals surface area contributed by atoms with Crippen molar-refractivity contribution in [2.75, 3.05) is 7.05 Å². The minimum atomic E-state index is -2.28. The van der Waals surface area contributed by atoms with Gasteiger partial charge in [-0.15, -0.1) is 0 Å². The van der Waals surface area contributed by atoms with Gasteiger partial charge in [0.05, 0.1) is 6.04 Å². The van der Waals surface area contributed by atoms with Gasteiger partial charge in [-0.1, -0.05) is 66.8 Å². The highest BCUT2D eigenvalue weighted by Crippen LogP contribution is 2.80. The Morgan fingerprint density at radius 3 is 2.62 bits per heavy atom. The number of hydrogen-bond donors (Lipinski definition) is 0. The zero-order chi connectivity index (χ0) is 20.1. The molecule has 1 aliphatic heterocycles. The van der Waals surface area contributed by atoms with Crippen molar-refractivity contribution in [3.05, 3.63) is 72.4 Å². The van der Waals surface area contributed by atoms with Gasteiger partial charge < -0.3 is 0 Å². The van der Waals surface area contributed by atoms with Crippen LogP contribution in [0.15, 0.2) is 66.8 Å². The minimum absolute atomic E-state index is 0.0449. The molecule has 0 amide bonds. The predicted octanol–water partition coefficient (Wildman–Crippen LogP) is 6.26. The van der Waals surface area contributed by atoms with E-state index in [2.05, 4.69) is 85.4 Å². The first-order valence-electron chi connectivity index (χ1n) is 11.2. The van der Waals surface area contributed by atoms with E-state index in [0.29, 0.717) is 17.8 Å². The van der Waals surface area contributed by atoms with Gasteiger partial charge in [-0.3, -0.25) is 0 Å². The summed E-state index contributed by atoms with van der Waals surface area (Å²) in [7, 11) is 7.41. The summed E-state index contributed by atoms with van der Waals surface area (Å²) in [6.07, 6.45) is 20.2. The molecule has 2 fully saturated rings. The summed E-state index contributed by atoms with van der Waals surface area (Å²) in [4.78, 5) is 0. The number of hydrogen-bond acceptors (Lipinski definition) is 2. The lowest BCUT2D eigenvalue weighted by atomic mass is 9.77. The fourth-order valence-corrected chi connectivity index (χ4v) is 10.2. The van der Waals surface area contributed by atoms with Crippen LogP contribution in [-0.2, 0) is 4.52 Å². The molecule has 1 aromatic carbocycles. The fraction of sp³-hybridized carbons (Fsp3) is 0.520. The summed E-state index contributed by atoms with van der Waals surface area (Å²) >= 11 is 0. The summed E-state index contributed by atoms with van der Waals surface area (Å²) in [6.45, 7) is 2.29. The molecule has 2 nitrogen and oxygen atoms in total. The Kier molecular flexibility index (Phi) is 5.13. The van der Waals surface area contributed by atoms with Crippen molar-refractivity contribution in [1.82, 2.24) is 4.67 Å². The van der Waals surface area contributed by atoms with Crippen LogP contribution in [0.5, 0.6) is 0 Å². The molecule has 1 saturated carbocycles. The van der Waals surface area contributed by atoms with E-state index < -0.39 is 7.52 Å². The van der Waals surface area contributed by atoms with Gasteiger partial charge in [0, 0.05) is 13.0 Å². The number of allylic oxidation sites excluding steroid dienone is 6. The SMILES string of the molecule is [B][P+]1(C23CCC=CC2CCC2C=CC=CC2C3)OC(c2ccccc2)C(C)N1C. The summed E-state index contributed by atoms with van der Waals surface area (Å²) in [5.41, 5.74) is 1.26. The Hall–Kier alpha value is -1.15. The lowest BCUT2D eigenvalue weighted by Gasteiger charge is -2.48. The predicted molar refractivity (Wildman–Crippen MR) is 124 cm³/mol. The second kappa shape index (κ2) is 7.52. The van der Waals surface area contributed by atoms with E-state index >= 15 is 0 Å². The van der Waals surface area contributed by atoms with Crippen LogP contribution in [0, 0.1) is 17.8 Å². The highest BCUT2D eigenvalue weighted by atomic mass is 31.2. The summed E-state index contributed by atoms with van der Waals surface area (Å²) in [5, 5.41) is 0.0449. The number of rotatable bonds is 2. The minimum Gasteiger partial charge on any atom is -0.229 e. The Morgan fingerprint density at radius 1 is 1.07 bits per heavy atom. The molecule has 1 heterocycles. The molecule has 5 rings (SSSR count). The molecule has 3 aliphatic carbocycles. The zero-order valence-electron chi connectivity index (χ0n) is 17.7. The van der Waals surface area contributed by atoms with Gasteiger partial charge in [0.1, 0.15) is 11.3 Å². The summed E-state index contributed by atoms with van der Waals surface area (Å²) in [6, 6.07) is 11.0. The van der Waals surface area contributed by atoms with E-state index in [0.717, 1.165) is 19.3 Å². The number of likely N-dealkylation sites (N-methyl/N-ethyl adjacent to an activating group) is 1. The van der Waals surface area contributed by atoms with E-state index in [1.165, 1.54) is 18.4 Å². The number of fused-ring (bicyclic) bond motifs is 2. The Labute approximate surface area is 177 Å². The van der Waals surface area contributed by atoms with E-state index in [1.807, 2.05) is 0 Å². The molecular formula is C25H32BNOP+. The Morgan fingerprint density at radius 2 is 1.83 bits per heavy atom. The molecule has 0 spiro atoms. The van der Waals surface area contributed by atoms with Gasteiger partial charge in [-0.25, -0.2) is 4.52 Å². The monoisotopic (exact) mass is 404 g/mol. The molecule has 7 unspecified atom stereocenters. The third-order valence-electron chi connectivity index (χ3n) is 8.12. The van der Waals surface area contributed by atoms with Crippen LogP contribution in [0.2, 0.25) is 0 Å². The van der Waals surface area contributed by atoms with Crippen molar-refractivity contribution in [1.29, 1.82) is 0 Å². The van der Waals surface area contributed by atoms with Gasteiger partial charge in [0.2, 0.25) is 0 Å². The van der Waals surface area contributed by atoms with Crippen molar-refractivity contribution in [2.24, 2.45) is 17.8 Å². The number of benzene rings is 1. The van der Waals surface area contributed by atoms with E-state index in [4.69, 9.17) is 12.1 Å². The smallest absolute Gasteiger partial charge is 0.229 e. The molecule has 0 bridgehead atoms. The zero-order valence-corrected chi connectivity index (χ0v) is 18.5. The van der Waals surface area contributed by atoms with Crippen molar-refractivity contribution in [2.45, 2.75) is 56.3 Å². The average Bonchev–Trinajstić information content (AvgIpc) is 2.91. The van der Waals surface area contributed by atoms with Crippen molar-refractivity contribution in [3.8, 4) is 0 Å². The molecule has 4 heteroatoms. The van der Waals surface area contributed by atoms with Crippen LogP contribution >= 0.6 is 7.52 Å². The van der Waals surface area contributed by atoms with Crippen LogP contribution in [0.1, 0.15) is 50.7 Å². The van der Waals surface area contributed by atoms with Crippen LogP contribution < -0.4 is 0 Å². The maximum Gasteiger partial charge on any atom is 0.427 e. The van der Waals surface area contributed by atoms with Gasteiger partial charge >= 0.3 is 7.57 Å². The summed E-state index contributed by atoms with van der Waals surface area (Å²) in [5.74, 6) is 1.75. The maximum absolute atomic E-state index is 7.47. The van der Waals surface area contributed by atoms with Crippen molar-refractivity contribution < 1.29 is 4.52 Å². The van der Waals surface area contributed by atoms with Crippen LogP contribution in [0.3, 0.4) is 0 Å². The van der Waals surface area contributed by atoms with Crippen LogP contribution in [0.4, 0.5) is 0 Å². The molecule has 0 aromatic heterocycles. The standard InChI is InChI=1S/C25H32BNOP/c1-19-24(21-11-4-3-5-12-21)28-29(26,27(19)2)25-17-9-8-14-23(25)16-15-20-10-6-7-13-22(20)18-25/h3-8,10-14,19-20,22-24H,9,15-18H2,1-2H3/q+1. The second-order valence-electron chi connectivity index (χ2n) is 9.43. The maximum atomic E-state index is 7.47. The lowest BCUT2D eigenvalue weighted by Crippen LogP contribution is -2.46. The Balaban J connectivity index is 1.56. The quantitative estimate of drug-likeness (QED) is 0.328. The number of nitrogens with zero attached hydrogens (tertiary/aromatic N) is 1. The van der Waals surface area contributed by atoms with Gasteiger partial charge in [0.25, 0.3) is 0 Å². The first-order chi connectivity index (χ1) is 14.1. The van der Waals surface area contributed by atoms with Gasteiger partial charge in [-0.05, 0) is 56.4 Å². The average molecular weight is 404 g/mol. The van der Waals surface area contributed by atoms with Crippen LogP contribution in [-0.4, -0.2) is 30.5 Å². The molecule has 1 saturated heterocycles.